The lowest BCUT2D eigenvalue weighted by molar-refractivity contribution is 0.355. The summed E-state index contributed by atoms with van der Waals surface area (Å²) < 4.78 is 10.4. The first-order valence-electron chi connectivity index (χ1n) is 5.92. The summed E-state index contributed by atoms with van der Waals surface area (Å²) in [6.45, 7) is 0. The van der Waals surface area contributed by atoms with Crippen molar-refractivity contribution in [3.63, 3.8) is 0 Å². The molecule has 0 heterocycles. The van der Waals surface area contributed by atoms with Crippen molar-refractivity contribution in [2.24, 2.45) is 0 Å². The lowest BCUT2D eigenvalue weighted by Crippen LogP contribution is -1.90. The molecule has 3 nitrogen and oxygen atoms in total. The fourth-order valence-corrected chi connectivity index (χ4v) is 1.77. The Morgan fingerprint density at radius 1 is 0.895 bits per heavy atom. The van der Waals surface area contributed by atoms with Crippen LogP contribution in [-0.2, 0) is 0 Å². The summed E-state index contributed by atoms with van der Waals surface area (Å²) in [7, 11) is 3.21. The molecule has 0 fully saturated rings. The average Bonchev–Trinajstić information content (AvgIpc) is 2.46. The van der Waals surface area contributed by atoms with Crippen LogP contribution < -0.4 is 9.47 Å². The van der Waals surface area contributed by atoms with Gasteiger partial charge in [0.05, 0.1) is 14.2 Å². The molecule has 1 N–H and O–H groups in total. The maximum atomic E-state index is 9.68. The second-order valence-electron chi connectivity index (χ2n) is 4.01. The van der Waals surface area contributed by atoms with Crippen LogP contribution in [0.1, 0.15) is 11.1 Å². The van der Waals surface area contributed by atoms with E-state index in [1.807, 2.05) is 42.5 Å². The van der Waals surface area contributed by atoms with Crippen LogP contribution in [0.2, 0.25) is 0 Å². The molecule has 98 valence electrons. The zero-order valence-corrected chi connectivity index (χ0v) is 11.0. The van der Waals surface area contributed by atoms with Gasteiger partial charge in [-0.15, -0.1) is 0 Å². The van der Waals surface area contributed by atoms with Crippen molar-refractivity contribution in [2.45, 2.75) is 0 Å². The Kier molecular flexibility index (Phi) is 4.08. The van der Waals surface area contributed by atoms with E-state index in [2.05, 4.69) is 0 Å². The summed E-state index contributed by atoms with van der Waals surface area (Å²) in [5.41, 5.74) is 1.75. The average molecular weight is 256 g/mol. The van der Waals surface area contributed by atoms with E-state index in [1.54, 1.807) is 26.4 Å². The van der Waals surface area contributed by atoms with Gasteiger partial charge in [0.25, 0.3) is 0 Å². The monoisotopic (exact) mass is 256 g/mol. The van der Waals surface area contributed by atoms with E-state index in [0.717, 1.165) is 11.1 Å². The predicted molar refractivity (Wildman–Crippen MR) is 76.6 cm³/mol. The van der Waals surface area contributed by atoms with E-state index >= 15 is 0 Å². The molecular weight excluding hydrogens is 240 g/mol. The van der Waals surface area contributed by atoms with Crippen LogP contribution in [-0.4, -0.2) is 19.3 Å². The van der Waals surface area contributed by atoms with E-state index in [-0.39, 0.29) is 5.75 Å². The second-order valence-corrected chi connectivity index (χ2v) is 4.01. The number of aromatic hydroxyl groups is 1. The van der Waals surface area contributed by atoms with E-state index in [1.165, 1.54) is 0 Å². The summed E-state index contributed by atoms with van der Waals surface area (Å²) in [5.74, 6) is 1.64. The Balaban J connectivity index is 2.26. The topological polar surface area (TPSA) is 38.7 Å². The van der Waals surface area contributed by atoms with Gasteiger partial charge < -0.3 is 14.6 Å². The molecule has 0 unspecified atom stereocenters. The van der Waals surface area contributed by atoms with Crippen molar-refractivity contribution >= 4 is 12.2 Å². The normalized spacial score (nSPS) is 10.6. The number of phenolic OH excluding ortho intramolecular Hbond substituents is 1. The fraction of sp³-hybridized carbons (Fsp3) is 0.125. The maximum Gasteiger partial charge on any atom is 0.161 e. The Bertz CT molecular complexity index is 588. The number of benzene rings is 2. The Labute approximate surface area is 112 Å². The van der Waals surface area contributed by atoms with Crippen LogP contribution in [0.3, 0.4) is 0 Å². The van der Waals surface area contributed by atoms with Crippen molar-refractivity contribution in [1.82, 2.24) is 0 Å². The minimum absolute atomic E-state index is 0.263. The van der Waals surface area contributed by atoms with Gasteiger partial charge in [-0.25, -0.2) is 0 Å². The van der Waals surface area contributed by atoms with Crippen LogP contribution in [0.25, 0.3) is 12.2 Å². The lowest BCUT2D eigenvalue weighted by Gasteiger charge is -2.07. The zero-order valence-electron chi connectivity index (χ0n) is 11.0. The summed E-state index contributed by atoms with van der Waals surface area (Å²) in [4.78, 5) is 0. The Morgan fingerprint density at radius 2 is 1.63 bits per heavy atom. The van der Waals surface area contributed by atoms with Gasteiger partial charge in [-0.2, -0.15) is 0 Å². The van der Waals surface area contributed by atoms with Gasteiger partial charge in [0, 0.05) is 5.56 Å². The molecule has 0 bridgehead atoms. The first-order valence-corrected chi connectivity index (χ1v) is 5.92. The molecule has 0 amide bonds. The highest BCUT2D eigenvalue weighted by atomic mass is 16.5. The molecule has 0 saturated carbocycles. The number of hydrogen-bond donors (Lipinski definition) is 1. The first kappa shape index (κ1) is 13.0. The van der Waals surface area contributed by atoms with Crippen LogP contribution in [0.5, 0.6) is 17.2 Å². The van der Waals surface area contributed by atoms with Crippen LogP contribution in [0.15, 0.2) is 42.5 Å². The molecule has 0 aliphatic rings. The highest BCUT2D eigenvalue weighted by molar-refractivity contribution is 5.73. The third-order valence-corrected chi connectivity index (χ3v) is 2.80. The third-order valence-electron chi connectivity index (χ3n) is 2.80. The number of methoxy groups -OCH3 is 2. The van der Waals surface area contributed by atoms with Gasteiger partial charge in [0.2, 0.25) is 0 Å². The number of phenols is 1. The molecule has 0 atom stereocenters. The smallest absolute Gasteiger partial charge is 0.161 e. The molecule has 0 aliphatic carbocycles. The van der Waals surface area contributed by atoms with Crippen molar-refractivity contribution in [3.05, 3.63) is 53.6 Å². The largest absolute Gasteiger partial charge is 0.507 e. The summed E-state index contributed by atoms with van der Waals surface area (Å²) in [6, 6.07) is 12.9. The maximum absolute atomic E-state index is 9.68. The molecule has 3 heteroatoms. The Morgan fingerprint density at radius 3 is 2.32 bits per heavy atom. The van der Waals surface area contributed by atoms with Gasteiger partial charge in [0.1, 0.15) is 5.75 Å². The number of ether oxygens (including phenoxy) is 2. The van der Waals surface area contributed by atoms with E-state index < -0.39 is 0 Å². The first-order chi connectivity index (χ1) is 9.24. The van der Waals surface area contributed by atoms with E-state index in [9.17, 15) is 5.11 Å². The predicted octanol–water partition coefficient (Wildman–Crippen LogP) is 3.58. The van der Waals surface area contributed by atoms with Gasteiger partial charge in [0.15, 0.2) is 11.5 Å². The molecule has 19 heavy (non-hydrogen) atoms. The minimum atomic E-state index is 0.263. The van der Waals surface area contributed by atoms with Crippen molar-refractivity contribution in [3.8, 4) is 17.2 Å². The fourth-order valence-electron chi connectivity index (χ4n) is 1.77. The second kappa shape index (κ2) is 5.96. The highest BCUT2D eigenvalue weighted by Gasteiger charge is 2.02. The summed E-state index contributed by atoms with van der Waals surface area (Å²) in [5, 5.41) is 9.68. The molecular formula is C16H16O3. The molecule has 0 aliphatic heterocycles. The molecule has 2 aromatic carbocycles. The summed E-state index contributed by atoms with van der Waals surface area (Å²) >= 11 is 0. The van der Waals surface area contributed by atoms with Crippen LogP contribution >= 0.6 is 0 Å². The third kappa shape index (κ3) is 3.07. The van der Waals surface area contributed by atoms with Gasteiger partial charge in [-0.05, 0) is 23.8 Å². The van der Waals surface area contributed by atoms with Crippen molar-refractivity contribution < 1.29 is 14.6 Å². The zero-order chi connectivity index (χ0) is 13.7. The number of rotatable bonds is 4. The highest BCUT2D eigenvalue weighted by Crippen LogP contribution is 2.28. The van der Waals surface area contributed by atoms with Gasteiger partial charge in [-0.1, -0.05) is 36.4 Å². The van der Waals surface area contributed by atoms with E-state index in [4.69, 9.17) is 9.47 Å². The molecule has 0 spiro atoms. The quantitative estimate of drug-likeness (QED) is 0.850. The van der Waals surface area contributed by atoms with Gasteiger partial charge >= 0.3 is 0 Å². The molecule has 2 aromatic rings. The Hall–Kier alpha value is -2.42. The number of para-hydroxylation sites is 1. The minimum Gasteiger partial charge on any atom is -0.507 e. The molecule has 2 rings (SSSR count). The van der Waals surface area contributed by atoms with Crippen molar-refractivity contribution in [2.75, 3.05) is 14.2 Å². The molecule has 0 saturated heterocycles. The van der Waals surface area contributed by atoms with Gasteiger partial charge in [-0.3, -0.25) is 0 Å². The van der Waals surface area contributed by atoms with Crippen LogP contribution in [0.4, 0.5) is 0 Å². The summed E-state index contributed by atoms with van der Waals surface area (Å²) in [6.07, 6.45) is 3.77. The van der Waals surface area contributed by atoms with Crippen LogP contribution in [0, 0.1) is 0 Å². The lowest BCUT2D eigenvalue weighted by atomic mass is 10.1. The molecule has 0 aromatic heterocycles. The number of hydrogen-bond acceptors (Lipinski definition) is 3. The molecule has 0 radical (unpaired) electrons. The van der Waals surface area contributed by atoms with Crippen molar-refractivity contribution in [1.29, 1.82) is 0 Å². The SMILES string of the molecule is COc1ccc(C=Cc2ccccc2O)cc1OC. The standard InChI is InChI=1S/C16H16O3/c1-18-15-10-8-12(11-16(15)19-2)7-9-13-5-3-4-6-14(13)17/h3-11,17H,1-2H3. The van der Waals surface area contributed by atoms with E-state index in [0.29, 0.717) is 11.5 Å².